The van der Waals surface area contributed by atoms with Crippen LogP contribution in [-0.2, 0) is 11.2 Å². The molecule has 0 bridgehead atoms. The van der Waals surface area contributed by atoms with Crippen LogP contribution < -0.4 is 0 Å². The van der Waals surface area contributed by atoms with Gasteiger partial charge in [0.1, 0.15) is 5.78 Å². The van der Waals surface area contributed by atoms with Crippen LogP contribution in [0, 0.1) is 0 Å². The third-order valence-electron chi connectivity index (χ3n) is 2.39. The first-order chi connectivity index (χ1) is 8.60. The van der Waals surface area contributed by atoms with Gasteiger partial charge < -0.3 is 4.52 Å². The van der Waals surface area contributed by atoms with E-state index in [1.165, 1.54) is 0 Å². The third-order valence-corrected chi connectivity index (χ3v) is 3.13. The van der Waals surface area contributed by atoms with Gasteiger partial charge in [-0.25, -0.2) is 0 Å². The molecule has 0 saturated carbocycles. The van der Waals surface area contributed by atoms with E-state index in [0.717, 1.165) is 0 Å². The van der Waals surface area contributed by atoms with Gasteiger partial charge in [-0.3, -0.25) is 4.79 Å². The second-order valence-corrected chi connectivity index (χ2v) is 4.52. The van der Waals surface area contributed by atoms with Crippen molar-refractivity contribution in [2.24, 2.45) is 0 Å². The van der Waals surface area contributed by atoms with Gasteiger partial charge in [-0.15, -0.1) is 0 Å². The Hall–Kier alpha value is -1.39. The maximum absolute atomic E-state index is 11.3. The average molecular weight is 285 g/mol. The molecule has 0 N–H and O–H groups in total. The molecule has 0 aliphatic heterocycles. The lowest BCUT2D eigenvalue weighted by Crippen LogP contribution is -2.00. The first kappa shape index (κ1) is 13.1. The molecule has 0 atom stereocenters. The third kappa shape index (κ3) is 2.89. The standard InChI is InChI=1S/C12H10Cl2N2O2/c1-2-8(17)6-11-15-12(16-18-11)7-3-4-9(13)10(14)5-7/h3-5H,2,6H2,1H3. The molecule has 0 unspecified atom stereocenters. The normalized spacial score (nSPS) is 10.6. The summed E-state index contributed by atoms with van der Waals surface area (Å²) in [5, 5.41) is 4.69. The van der Waals surface area contributed by atoms with Crippen molar-refractivity contribution in [1.29, 1.82) is 0 Å². The zero-order valence-electron chi connectivity index (χ0n) is 9.61. The summed E-state index contributed by atoms with van der Waals surface area (Å²) in [5.74, 6) is 0.759. The number of aromatic nitrogens is 2. The number of carbonyl (C=O) groups is 1. The SMILES string of the molecule is CCC(=O)Cc1nc(-c2ccc(Cl)c(Cl)c2)no1. The van der Waals surface area contributed by atoms with Crippen LogP contribution >= 0.6 is 23.2 Å². The zero-order valence-corrected chi connectivity index (χ0v) is 11.1. The van der Waals surface area contributed by atoms with Gasteiger partial charge >= 0.3 is 0 Å². The molecule has 18 heavy (non-hydrogen) atoms. The summed E-state index contributed by atoms with van der Waals surface area (Å²) >= 11 is 11.7. The van der Waals surface area contributed by atoms with E-state index < -0.39 is 0 Å². The van der Waals surface area contributed by atoms with Crippen molar-refractivity contribution >= 4 is 29.0 Å². The number of carbonyl (C=O) groups excluding carboxylic acids is 1. The van der Waals surface area contributed by atoms with Crippen molar-refractivity contribution in [2.75, 3.05) is 0 Å². The smallest absolute Gasteiger partial charge is 0.234 e. The summed E-state index contributed by atoms with van der Waals surface area (Å²) in [7, 11) is 0. The molecule has 0 amide bonds. The first-order valence-corrected chi connectivity index (χ1v) is 6.15. The molecule has 0 aliphatic carbocycles. The summed E-state index contributed by atoms with van der Waals surface area (Å²) in [4.78, 5) is 15.4. The maximum Gasteiger partial charge on any atom is 0.234 e. The average Bonchev–Trinajstić information content (AvgIpc) is 2.81. The van der Waals surface area contributed by atoms with Crippen molar-refractivity contribution in [3.8, 4) is 11.4 Å². The Labute approximate surface area is 114 Å². The Morgan fingerprint density at radius 3 is 2.78 bits per heavy atom. The number of halogens is 2. The highest BCUT2D eigenvalue weighted by Gasteiger charge is 2.12. The minimum Gasteiger partial charge on any atom is -0.339 e. The van der Waals surface area contributed by atoms with Crippen molar-refractivity contribution in [3.63, 3.8) is 0 Å². The van der Waals surface area contributed by atoms with Crippen molar-refractivity contribution in [3.05, 3.63) is 34.1 Å². The predicted octanol–water partition coefficient (Wildman–Crippen LogP) is 3.57. The van der Waals surface area contributed by atoms with E-state index in [2.05, 4.69) is 10.1 Å². The number of rotatable bonds is 4. The topological polar surface area (TPSA) is 56.0 Å². The fourth-order valence-corrected chi connectivity index (χ4v) is 1.67. The highest BCUT2D eigenvalue weighted by molar-refractivity contribution is 6.42. The van der Waals surface area contributed by atoms with Gasteiger partial charge in [-0.05, 0) is 18.2 Å². The molecule has 6 heteroatoms. The second-order valence-electron chi connectivity index (χ2n) is 3.71. The molecule has 1 aromatic carbocycles. The molecule has 0 radical (unpaired) electrons. The highest BCUT2D eigenvalue weighted by Crippen LogP contribution is 2.27. The van der Waals surface area contributed by atoms with E-state index in [9.17, 15) is 4.79 Å². The van der Waals surface area contributed by atoms with Gasteiger partial charge in [-0.2, -0.15) is 4.98 Å². The summed E-state index contributed by atoms with van der Waals surface area (Å²) in [6, 6.07) is 5.05. The molecule has 0 aliphatic rings. The molecule has 1 heterocycles. The minimum absolute atomic E-state index is 0.0549. The number of Topliss-reactive ketones (excluding diaryl/α,β-unsaturated/α-hetero) is 1. The number of hydrogen-bond donors (Lipinski definition) is 0. The van der Waals surface area contributed by atoms with Crippen LogP contribution in [0.1, 0.15) is 19.2 Å². The number of hydrogen-bond acceptors (Lipinski definition) is 4. The van der Waals surface area contributed by atoms with E-state index >= 15 is 0 Å². The molecule has 0 saturated heterocycles. The molecule has 94 valence electrons. The number of ketones is 1. The lowest BCUT2D eigenvalue weighted by molar-refractivity contribution is -0.118. The van der Waals surface area contributed by atoms with Gasteiger partial charge in [-0.1, -0.05) is 35.3 Å². The van der Waals surface area contributed by atoms with Gasteiger partial charge in [0.05, 0.1) is 16.5 Å². The van der Waals surface area contributed by atoms with Gasteiger partial charge in [0.15, 0.2) is 0 Å². The summed E-state index contributed by atoms with van der Waals surface area (Å²) in [6.45, 7) is 1.79. The Bertz CT molecular complexity index is 581. The molecule has 2 rings (SSSR count). The number of nitrogens with zero attached hydrogens (tertiary/aromatic N) is 2. The monoisotopic (exact) mass is 284 g/mol. The number of benzene rings is 1. The minimum atomic E-state index is 0.0549. The van der Waals surface area contributed by atoms with E-state index in [1.54, 1.807) is 25.1 Å². The Kier molecular flexibility index (Phi) is 3.99. The largest absolute Gasteiger partial charge is 0.339 e. The van der Waals surface area contributed by atoms with E-state index in [0.29, 0.717) is 33.7 Å². The van der Waals surface area contributed by atoms with Crippen LogP contribution in [0.4, 0.5) is 0 Å². The molecule has 0 spiro atoms. The molecule has 2 aromatic rings. The highest BCUT2D eigenvalue weighted by atomic mass is 35.5. The molecule has 1 aromatic heterocycles. The molecule has 4 nitrogen and oxygen atoms in total. The van der Waals surface area contributed by atoms with Crippen LogP contribution in [0.5, 0.6) is 0 Å². The summed E-state index contributed by atoms with van der Waals surface area (Å²) in [6.07, 6.45) is 0.606. The van der Waals surface area contributed by atoms with Crippen LogP contribution in [0.3, 0.4) is 0 Å². The lowest BCUT2D eigenvalue weighted by Gasteiger charge is -1.97. The Balaban J connectivity index is 2.23. The lowest BCUT2D eigenvalue weighted by atomic mass is 10.2. The first-order valence-electron chi connectivity index (χ1n) is 5.40. The summed E-state index contributed by atoms with van der Waals surface area (Å²) < 4.78 is 5.00. The van der Waals surface area contributed by atoms with E-state index in [-0.39, 0.29) is 12.2 Å². The van der Waals surface area contributed by atoms with E-state index in [1.807, 2.05) is 0 Å². The van der Waals surface area contributed by atoms with Crippen LogP contribution in [0.15, 0.2) is 22.7 Å². The summed E-state index contributed by atoms with van der Waals surface area (Å²) in [5.41, 5.74) is 0.698. The predicted molar refractivity (Wildman–Crippen MR) is 68.8 cm³/mol. The Morgan fingerprint density at radius 2 is 2.11 bits per heavy atom. The van der Waals surface area contributed by atoms with Gasteiger partial charge in [0.25, 0.3) is 0 Å². The van der Waals surface area contributed by atoms with Crippen LogP contribution in [0.25, 0.3) is 11.4 Å². The van der Waals surface area contributed by atoms with Crippen molar-refractivity contribution < 1.29 is 9.32 Å². The molecular weight excluding hydrogens is 275 g/mol. The van der Waals surface area contributed by atoms with Crippen LogP contribution in [-0.4, -0.2) is 15.9 Å². The zero-order chi connectivity index (χ0) is 13.1. The van der Waals surface area contributed by atoms with Crippen LogP contribution in [0.2, 0.25) is 10.0 Å². The fraction of sp³-hybridized carbons (Fsp3) is 0.250. The fourth-order valence-electron chi connectivity index (χ4n) is 1.37. The van der Waals surface area contributed by atoms with Crippen molar-refractivity contribution in [1.82, 2.24) is 10.1 Å². The van der Waals surface area contributed by atoms with Gasteiger partial charge in [0.2, 0.25) is 11.7 Å². The van der Waals surface area contributed by atoms with Crippen molar-refractivity contribution in [2.45, 2.75) is 19.8 Å². The van der Waals surface area contributed by atoms with Gasteiger partial charge in [0, 0.05) is 12.0 Å². The molecular formula is C12H10Cl2N2O2. The maximum atomic E-state index is 11.3. The quantitative estimate of drug-likeness (QED) is 0.861. The second kappa shape index (κ2) is 5.50. The van der Waals surface area contributed by atoms with E-state index in [4.69, 9.17) is 27.7 Å². The molecule has 0 fully saturated rings. The Morgan fingerprint density at radius 1 is 1.33 bits per heavy atom.